The number of amides is 1. The highest BCUT2D eigenvalue weighted by Crippen LogP contribution is 2.39. The number of carbonyl (C=O) groups is 1. The fraction of sp³-hybridized carbons (Fsp3) is 0. The van der Waals surface area contributed by atoms with E-state index >= 15 is 0 Å². The number of fused-ring (bicyclic) bond motifs is 1. The standard InChI is InChI=1S/C15H7Cl2F2NOS/c16-8-2-1-3-11-12(8)13(17)14(22-11)15(21)20-10-6-7(18)4-5-9(10)19/h1-6H,(H,20,21). The van der Waals surface area contributed by atoms with Gasteiger partial charge in [0.2, 0.25) is 0 Å². The summed E-state index contributed by atoms with van der Waals surface area (Å²) in [5.41, 5.74) is -0.246. The van der Waals surface area contributed by atoms with Crippen LogP contribution in [0.15, 0.2) is 36.4 Å². The van der Waals surface area contributed by atoms with Crippen LogP contribution in [-0.4, -0.2) is 5.91 Å². The lowest BCUT2D eigenvalue weighted by Gasteiger charge is -2.05. The fourth-order valence-electron chi connectivity index (χ4n) is 1.99. The number of carbonyl (C=O) groups excluding carboxylic acids is 1. The molecular formula is C15H7Cl2F2NOS. The van der Waals surface area contributed by atoms with Crippen molar-refractivity contribution in [1.82, 2.24) is 0 Å². The van der Waals surface area contributed by atoms with Crippen molar-refractivity contribution < 1.29 is 13.6 Å². The van der Waals surface area contributed by atoms with Gasteiger partial charge in [-0.2, -0.15) is 0 Å². The molecule has 0 atom stereocenters. The number of hydrogen-bond donors (Lipinski definition) is 1. The molecule has 22 heavy (non-hydrogen) atoms. The normalized spacial score (nSPS) is 10.9. The number of halogens is 4. The summed E-state index contributed by atoms with van der Waals surface area (Å²) in [7, 11) is 0. The Morgan fingerprint density at radius 1 is 1.14 bits per heavy atom. The first-order valence-corrected chi connectivity index (χ1v) is 7.67. The molecule has 1 amide bonds. The molecule has 3 rings (SSSR count). The molecule has 112 valence electrons. The number of anilines is 1. The Morgan fingerprint density at radius 2 is 1.91 bits per heavy atom. The summed E-state index contributed by atoms with van der Waals surface area (Å²) < 4.78 is 27.5. The van der Waals surface area contributed by atoms with Crippen molar-refractivity contribution in [2.24, 2.45) is 0 Å². The van der Waals surface area contributed by atoms with E-state index in [-0.39, 0.29) is 15.6 Å². The average Bonchev–Trinajstić information content (AvgIpc) is 2.81. The number of thiophene rings is 1. The lowest BCUT2D eigenvalue weighted by Crippen LogP contribution is -2.12. The fourth-order valence-corrected chi connectivity index (χ4v) is 3.84. The van der Waals surface area contributed by atoms with Crippen LogP contribution >= 0.6 is 34.5 Å². The third-order valence-corrected chi connectivity index (χ3v) is 4.95. The zero-order chi connectivity index (χ0) is 15.9. The Bertz CT molecular complexity index is 895. The largest absolute Gasteiger partial charge is 0.319 e. The summed E-state index contributed by atoms with van der Waals surface area (Å²) in [5, 5.41) is 3.51. The molecule has 0 bridgehead atoms. The van der Waals surface area contributed by atoms with Crippen molar-refractivity contribution >= 4 is 56.2 Å². The van der Waals surface area contributed by atoms with Gasteiger partial charge in [-0.25, -0.2) is 8.78 Å². The molecule has 0 saturated carbocycles. The topological polar surface area (TPSA) is 29.1 Å². The van der Waals surface area contributed by atoms with Crippen LogP contribution < -0.4 is 5.32 Å². The maximum Gasteiger partial charge on any atom is 0.267 e. The summed E-state index contributed by atoms with van der Waals surface area (Å²) in [5.74, 6) is -2.00. The van der Waals surface area contributed by atoms with Gasteiger partial charge in [0.25, 0.3) is 5.91 Å². The van der Waals surface area contributed by atoms with Gasteiger partial charge in [-0.1, -0.05) is 29.3 Å². The van der Waals surface area contributed by atoms with Gasteiger partial charge < -0.3 is 5.32 Å². The zero-order valence-electron chi connectivity index (χ0n) is 10.8. The van der Waals surface area contributed by atoms with E-state index in [1.54, 1.807) is 18.2 Å². The van der Waals surface area contributed by atoms with Crippen LogP contribution in [-0.2, 0) is 0 Å². The van der Waals surface area contributed by atoms with Crippen LogP contribution in [0, 0.1) is 11.6 Å². The monoisotopic (exact) mass is 357 g/mol. The summed E-state index contributed by atoms with van der Waals surface area (Å²) in [4.78, 5) is 12.5. The zero-order valence-corrected chi connectivity index (χ0v) is 13.1. The Kier molecular flexibility index (Phi) is 4.04. The number of benzene rings is 2. The van der Waals surface area contributed by atoms with E-state index in [0.717, 1.165) is 34.2 Å². The first-order valence-electron chi connectivity index (χ1n) is 6.10. The van der Waals surface area contributed by atoms with E-state index in [2.05, 4.69) is 5.32 Å². The van der Waals surface area contributed by atoms with Gasteiger partial charge in [-0.15, -0.1) is 11.3 Å². The minimum absolute atomic E-state index is 0.188. The van der Waals surface area contributed by atoms with Crippen LogP contribution in [0.2, 0.25) is 10.0 Å². The van der Waals surface area contributed by atoms with Gasteiger partial charge in [0.1, 0.15) is 16.5 Å². The molecule has 1 aromatic heterocycles. The molecule has 0 unspecified atom stereocenters. The van der Waals surface area contributed by atoms with Gasteiger partial charge in [-0.3, -0.25) is 4.79 Å². The highest BCUT2D eigenvalue weighted by Gasteiger charge is 2.20. The van der Waals surface area contributed by atoms with Crippen molar-refractivity contribution in [2.45, 2.75) is 0 Å². The van der Waals surface area contributed by atoms with Crippen molar-refractivity contribution in [3.05, 3.63) is 63.0 Å². The highest BCUT2D eigenvalue weighted by molar-refractivity contribution is 7.21. The summed E-state index contributed by atoms with van der Waals surface area (Å²) in [6, 6.07) is 7.99. The van der Waals surface area contributed by atoms with E-state index in [0.29, 0.717) is 10.4 Å². The maximum atomic E-state index is 13.6. The van der Waals surface area contributed by atoms with E-state index in [1.807, 2.05) is 0 Å². The van der Waals surface area contributed by atoms with Gasteiger partial charge in [0.05, 0.1) is 15.7 Å². The van der Waals surface area contributed by atoms with Crippen LogP contribution in [0.3, 0.4) is 0 Å². The SMILES string of the molecule is O=C(Nc1cc(F)ccc1F)c1sc2cccc(Cl)c2c1Cl. The predicted molar refractivity (Wildman–Crippen MR) is 86.2 cm³/mol. The van der Waals surface area contributed by atoms with Crippen molar-refractivity contribution in [3.8, 4) is 0 Å². The third kappa shape index (κ3) is 2.67. The molecule has 0 fully saturated rings. The van der Waals surface area contributed by atoms with Crippen LogP contribution in [0.25, 0.3) is 10.1 Å². The van der Waals surface area contributed by atoms with Gasteiger partial charge >= 0.3 is 0 Å². The minimum atomic E-state index is -0.731. The second-order valence-corrected chi connectivity index (χ2v) is 6.27. The first-order chi connectivity index (χ1) is 10.5. The number of nitrogens with one attached hydrogen (secondary N) is 1. The molecule has 3 aromatic rings. The Labute approximate surface area is 138 Å². The van der Waals surface area contributed by atoms with Crippen LogP contribution in [0.5, 0.6) is 0 Å². The molecule has 0 aliphatic heterocycles. The molecule has 0 aliphatic carbocycles. The molecule has 1 N–H and O–H groups in total. The Hall–Kier alpha value is -1.69. The maximum absolute atomic E-state index is 13.6. The summed E-state index contributed by atoms with van der Waals surface area (Å²) in [6.45, 7) is 0. The van der Waals surface area contributed by atoms with Crippen molar-refractivity contribution in [2.75, 3.05) is 5.32 Å². The number of hydrogen-bond acceptors (Lipinski definition) is 2. The molecule has 7 heteroatoms. The van der Waals surface area contributed by atoms with Crippen molar-refractivity contribution in [3.63, 3.8) is 0 Å². The molecule has 0 radical (unpaired) electrons. The smallest absolute Gasteiger partial charge is 0.267 e. The molecule has 1 heterocycles. The second kappa shape index (κ2) is 5.83. The van der Waals surface area contributed by atoms with E-state index < -0.39 is 17.5 Å². The van der Waals surface area contributed by atoms with E-state index in [1.165, 1.54) is 0 Å². The molecule has 2 nitrogen and oxygen atoms in total. The van der Waals surface area contributed by atoms with Crippen molar-refractivity contribution in [1.29, 1.82) is 0 Å². The number of rotatable bonds is 2. The summed E-state index contributed by atoms with van der Waals surface area (Å²) in [6.07, 6.45) is 0. The highest BCUT2D eigenvalue weighted by atomic mass is 35.5. The second-order valence-electron chi connectivity index (χ2n) is 4.44. The minimum Gasteiger partial charge on any atom is -0.319 e. The van der Waals surface area contributed by atoms with Gasteiger partial charge in [0, 0.05) is 16.2 Å². The van der Waals surface area contributed by atoms with Crippen LogP contribution in [0.1, 0.15) is 9.67 Å². The van der Waals surface area contributed by atoms with E-state index in [4.69, 9.17) is 23.2 Å². The average molecular weight is 358 g/mol. The van der Waals surface area contributed by atoms with E-state index in [9.17, 15) is 13.6 Å². The molecule has 0 spiro atoms. The molecule has 0 saturated heterocycles. The summed E-state index contributed by atoms with van der Waals surface area (Å²) >= 11 is 13.4. The Balaban J connectivity index is 2.01. The third-order valence-electron chi connectivity index (χ3n) is 2.99. The van der Waals surface area contributed by atoms with Crippen LogP contribution in [0.4, 0.5) is 14.5 Å². The molecule has 0 aliphatic rings. The quantitative estimate of drug-likeness (QED) is 0.622. The first kappa shape index (κ1) is 15.2. The lowest BCUT2D eigenvalue weighted by atomic mass is 10.2. The predicted octanol–water partition coefficient (Wildman–Crippen LogP) is 5.74. The van der Waals surface area contributed by atoms with Gasteiger partial charge in [-0.05, 0) is 24.3 Å². The van der Waals surface area contributed by atoms with Gasteiger partial charge in [0.15, 0.2) is 0 Å². The molecular weight excluding hydrogens is 351 g/mol. The Morgan fingerprint density at radius 3 is 2.64 bits per heavy atom. The molecule has 2 aromatic carbocycles. The lowest BCUT2D eigenvalue weighted by molar-refractivity contribution is 0.103.